The number of ether oxygens (including phenoxy) is 1. The van der Waals surface area contributed by atoms with Crippen molar-refractivity contribution in [1.82, 2.24) is 4.90 Å². The minimum absolute atomic E-state index is 0.0788. The minimum atomic E-state index is -0.384. The van der Waals surface area contributed by atoms with E-state index in [-0.39, 0.29) is 50.2 Å². The maximum atomic E-state index is 12.8. The fraction of sp³-hybridized carbons (Fsp3) is 0.353. The number of carbonyl (C=O) groups is 2. The first-order valence-electron chi connectivity index (χ1n) is 7.32. The van der Waals surface area contributed by atoms with Gasteiger partial charge < -0.3 is 9.64 Å². The van der Waals surface area contributed by atoms with Gasteiger partial charge in [0.1, 0.15) is 5.82 Å². The van der Waals surface area contributed by atoms with E-state index < -0.39 is 0 Å². The van der Waals surface area contributed by atoms with Crippen LogP contribution >= 0.6 is 0 Å². The van der Waals surface area contributed by atoms with E-state index in [1.54, 1.807) is 25.1 Å². The number of hydrogen-bond donors (Lipinski definition) is 0. The molecular weight excluding hydrogens is 299 g/mol. The predicted octanol–water partition coefficient (Wildman–Crippen LogP) is 2.53. The Hall–Kier alpha value is -2.68. The van der Waals surface area contributed by atoms with Crippen molar-refractivity contribution in [3.8, 4) is 6.07 Å². The van der Waals surface area contributed by atoms with Crippen LogP contribution in [0.3, 0.4) is 0 Å². The van der Waals surface area contributed by atoms with Crippen LogP contribution in [0.5, 0.6) is 0 Å². The van der Waals surface area contributed by atoms with Crippen molar-refractivity contribution in [3.05, 3.63) is 41.7 Å². The zero-order chi connectivity index (χ0) is 17.1. The Kier molecular flexibility index (Phi) is 8.08. The van der Waals surface area contributed by atoms with Gasteiger partial charge in [-0.15, -0.1) is 0 Å². The summed E-state index contributed by atoms with van der Waals surface area (Å²) in [4.78, 5) is 25.0. The molecule has 0 unspecified atom stereocenters. The van der Waals surface area contributed by atoms with Crippen LogP contribution in [0, 0.1) is 17.1 Å². The number of carbonyl (C=O) groups excluding carboxylic acids is 2. The molecule has 6 heteroatoms. The molecule has 0 saturated heterocycles. The number of nitrogens with zero attached hydrogens (tertiary/aromatic N) is 2. The molecule has 1 rings (SSSR count). The highest BCUT2D eigenvalue weighted by molar-refractivity contribution is 5.92. The maximum absolute atomic E-state index is 12.8. The summed E-state index contributed by atoms with van der Waals surface area (Å²) in [6.07, 6.45) is 3.16. The lowest BCUT2D eigenvalue weighted by Crippen LogP contribution is -2.32. The molecule has 1 amide bonds. The van der Waals surface area contributed by atoms with Gasteiger partial charge in [0.05, 0.1) is 25.5 Å². The summed E-state index contributed by atoms with van der Waals surface area (Å²) in [5.41, 5.74) is 0.686. The summed E-state index contributed by atoms with van der Waals surface area (Å²) in [6.45, 7) is 2.42. The SMILES string of the molecule is CCOC(=O)CCN(CCC#N)C(=O)/C=C/c1ccc(F)cc1. The van der Waals surface area contributed by atoms with Crippen molar-refractivity contribution in [2.45, 2.75) is 19.8 Å². The van der Waals surface area contributed by atoms with Gasteiger partial charge >= 0.3 is 5.97 Å². The Morgan fingerprint density at radius 3 is 2.61 bits per heavy atom. The first kappa shape index (κ1) is 18.4. The van der Waals surface area contributed by atoms with Crippen molar-refractivity contribution in [3.63, 3.8) is 0 Å². The van der Waals surface area contributed by atoms with Crippen molar-refractivity contribution in [1.29, 1.82) is 5.26 Å². The van der Waals surface area contributed by atoms with Gasteiger partial charge in [-0.25, -0.2) is 4.39 Å². The van der Waals surface area contributed by atoms with Crippen LogP contribution in [0.15, 0.2) is 30.3 Å². The Balaban J connectivity index is 2.65. The Labute approximate surface area is 135 Å². The molecule has 0 saturated carbocycles. The normalized spacial score (nSPS) is 10.3. The molecule has 23 heavy (non-hydrogen) atoms. The van der Waals surface area contributed by atoms with Crippen LogP contribution in [-0.2, 0) is 14.3 Å². The van der Waals surface area contributed by atoms with Gasteiger partial charge in [0.15, 0.2) is 0 Å². The van der Waals surface area contributed by atoms with Gasteiger partial charge in [0, 0.05) is 19.2 Å². The Morgan fingerprint density at radius 2 is 2.00 bits per heavy atom. The fourth-order valence-electron chi connectivity index (χ4n) is 1.82. The topological polar surface area (TPSA) is 70.4 Å². The molecule has 122 valence electrons. The van der Waals surface area contributed by atoms with E-state index in [0.29, 0.717) is 5.56 Å². The van der Waals surface area contributed by atoms with Gasteiger partial charge in [-0.1, -0.05) is 12.1 Å². The first-order chi connectivity index (χ1) is 11.1. The third-order valence-electron chi connectivity index (χ3n) is 2.98. The lowest BCUT2D eigenvalue weighted by molar-refractivity contribution is -0.143. The van der Waals surface area contributed by atoms with Gasteiger partial charge in [0.25, 0.3) is 0 Å². The van der Waals surface area contributed by atoms with Crippen LogP contribution < -0.4 is 0 Å². The number of nitriles is 1. The molecule has 0 radical (unpaired) electrons. The van der Waals surface area contributed by atoms with Crippen molar-refractivity contribution < 1.29 is 18.7 Å². The maximum Gasteiger partial charge on any atom is 0.307 e. The molecular formula is C17H19FN2O3. The second-order valence-corrected chi connectivity index (χ2v) is 4.67. The van der Waals surface area contributed by atoms with Crippen LogP contribution in [0.25, 0.3) is 6.08 Å². The van der Waals surface area contributed by atoms with E-state index in [1.165, 1.54) is 23.1 Å². The van der Waals surface area contributed by atoms with E-state index in [2.05, 4.69) is 0 Å². The lowest BCUT2D eigenvalue weighted by Gasteiger charge is -2.19. The summed E-state index contributed by atoms with van der Waals surface area (Å²) in [5, 5.41) is 8.66. The molecule has 1 aromatic rings. The minimum Gasteiger partial charge on any atom is -0.466 e. The number of halogens is 1. The summed E-state index contributed by atoms with van der Waals surface area (Å²) in [6, 6.07) is 7.68. The van der Waals surface area contributed by atoms with Gasteiger partial charge in [0.2, 0.25) is 5.91 Å². The first-order valence-corrected chi connectivity index (χ1v) is 7.32. The molecule has 0 atom stereocenters. The molecule has 0 bridgehead atoms. The highest BCUT2D eigenvalue weighted by atomic mass is 19.1. The molecule has 1 aromatic carbocycles. The quantitative estimate of drug-likeness (QED) is 0.545. The average molecular weight is 318 g/mol. The molecule has 0 spiro atoms. The van der Waals surface area contributed by atoms with Crippen LogP contribution in [-0.4, -0.2) is 36.5 Å². The van der Waals surface area contributed by atoms with Crippen LogP contribution in [0.2, 0.25) is 0 Å². The van der Waals surface area contributed by atoms with E-state index in [9.17, 15) is 14.0 Å². The summed E-state index contributed by atoms with van der Waals surface area (Å²) in [7, 11) is 0. The lowest BCUT2D eigenvalue weighted by atomic mass is 10.2. The molecule has 0 N–H and O–H groups in total. The van der Waals surface area contributed by atoms with E-state index in [4.69, 9.17) is 10.00 Å². The van der Waals surface area contributed by atoms with Crippen molar-refractivity contribution >= 4 is 18.0 Å². The number of rotatable bonds is 8. The van der Waals surface area contributed by atoms with E-state index >= 15 is 0 Å². The third-order valence-corrected chi connectivity index (χ3v) is 2.98. The van der Waals surface area contributed by atoms with Gasteiger partial charge in [-0.2, -0.15) is 5.26 Å². The number of esters is 1. The van der Waals surface area contributed by atoms with Gasteiger partial charge in [-0.3, -0.25) is 9.59 Å². The van der Waals surface area contributed by atoms with Crippen LogP contribution in [0.1, 0.15) is 25.3 Å². The zero-order valence-corrected chi connectivity index (χ0v) is 13.0. The smallest absolute Gasteiger partial charge is 0.307 e. The highest BCUT2D eigenvalue weighted by Gasteiger charge is 2.13. The monoisotopic (exact) mass is 318 g/mol. The third kappa shape index (κ3) is 7.23. The molecule has 0 aromatic heterocycles. The summed E-state index contributed by atoms with van der Waals surface area (Å²) < 4.78 is 17.6. The van der Waals surface area contributed by atoms with E-state index in [0.717, 1.165) is 0 Å². The molecule has 0 aliphatic rings. The number of amides is 1. The predicted molar refractivity (Wildman–Crippen MR) is 83.5 cm³/mol. The summed E-state index contributed by atoms with van der Waals surface area (Å²) in [5.74, 6) is -1.04. The van der Waals surface area contributed by atoms with E-state index in [1.807, 2.05) is 6.07 Å². The van der Waals surface area contributed by atoms with Crippen molar-refractivity contribution in [2.75, 3.05) is 19.7 Å². The number of hydrogen-bond acceptors (Lipinski definition) is 4. The van der Waals surface area contributed by atoms with Crippen molar-refractivity contribution in [2.24, 2.45) is 0 Å². The largest absolute Gasteiger partial charge is 0.466 e. The zero-order valence-electron chi connectivity index (χ0n) is 13.0. The Bertz CT molecular complexity index is 591. The molecule has 0 heterocycles. The Morgan fingerprint density at radius 1 is 1.30 bits per heavy atom. The molecule has 0 fully saturated rings. The number of benzene rings is 1. The second kappa shape index (κ2) is 10.1. The molecule has 5 nitrogen and oxygen atoms in total. The molecule has 0 aliphatic carbocycles. The molecule has 0 aliphatic heterocycles. The average Bonchev–Trinajstić information content (AvgIpc) is 2.54. The second-order valence-electron chi connectivity index (χ2n) is 4.67. The fourth-order valence-corrected chi connectivity index (χ4v) is 1.82. The van der Waals surface area contributed by atoms with Crippen LogP contribution in [0.4, 0.5) is 4.39 Å². The highest BCUT2D eigenvalue weighted by Crippen LogP contribution is 2.06. The standard InChI is InChI=1S/C17H19FN2O3/c1-2-23-17(22)10-13-20(12-3-11-19)16(21)9-6-14-4-7-15(18)8-5-14/h4-9H,2-3,10,12-13H2,1H3/b9-6+. The summed E-state index contributed by atoms with van der Waals surface area (Å²) >= 11 is 0. The van der Waals surface area contributed by atoms with Gasteiger partial charge in [-0.05, 0) is 30.7 Å².